The van der Waals surface area contributed by atoms with E-state index in [-0.39, 0.29) is 24.6 Å². The Morgan fingerprint density at radius 2 is 2.11 bits per heavy atom. The molecule has 4 rings (SSSR count). The summed E-state index contributed by atoms with van der Waals surface area (Å²) < 4.78 is 11.7. The van der Waals surface area contributed by atoms with Crippen molar-refractivity contribution in [1.29, 1.82) is 5.26 Å². The highest BCUT2D eigenvalue weighted by atomic mass is 35.5. The van der Waals surface area contributed by atoms with E-state index in [1.54, 1.807) is 18.3 Å². The minimum Gasteiger partial charge on any atom is -0.490 e. The van der Waals surface area contributed by atoms with E-state index in [1.165, 1.54) is 11.1 Å². The summed E-state index contributed by atoms with van der Waals surface area (Å²) in [6.07, 6.45) is 3.64. The van der Waals surface area contributed by atoms with Crippen LogP contribution in [-0.4, -0.2) is 11.1 Å². The number of benzene rings is 2. The Morgan fingerprint density at radius 1 is 1.29 bits per heavy atom. The van der Waals surface area contributed by atoms with E-state index < -0.39 is 0 Å². The summed E-state index contributed by atoms with van der Waals surface area (Å²) in [5, 5.41) is 9.42. The molecule has 0 bridgehead atoms. The lowest BCUT2D eigenvalue weighted by Gasteiger charge is -2.11. The van der Waals surface area contributed by atoms with E-state index in [0.717, 1.165) is 29.7 Å². The zero-order valence-corrected chi connectivity index (χ0v) is 16.6. The average Bonchev–Trinajstić information content (AvgIpc) is 3.29. The normalized spacial score (nSPS) is 15.0. The van der Waals surface area contributed by atoms with Crippen molar-refractivity contribution in [2.75, 3.05) is 0 Å². The molecule has 0 saturated carbocycles. The summed E-state index contributed by atoms with van der Waals surface area (Å²) in [5.41, 5.74) is 10.9. The minimum atomic E-state index is 0. The van der Waals surface area contributed by atoms with Crippen LogP contribution in [0.5, 0.6) is 5.75 Å². The molecule has 2 aromatic carbocycles. The highest BCUT2D eigenvalue weighted by Crippen LogP contribution is 2.38. The average molecular weight is 396 g/mol. The molecule has 6 heteroatoms. The third-order valence-electron chi connectivity index (χ3n) is 4.80. The quantitative estimate of drug-likeness (QED) is 0.669. The molecule has 1 aromatic heterocycles. The molecule has 0 radical (unpaired) electrons. The third kappa shape index (κ3) is 3.62. The first-order chi connectivity index (χ1) is 13.1. The van der Waals surface area contributed by atoms with Crippen molar-refractivity contribution in [3.8, 4) is 34.6 Å². The topological polar surface area (TPSA) is 85.1 Å². The second-order valence-electron chi connectivity index (χ2n) is 7.04. The number of ether oxygens (including phenoxy) is 1. The molecule has 3 aromatic rings. The number of nitrogens with two attached hydrogens (primary N) is 1. The van der Waals surface area contributed by atoms with Gasteiger partial charge >= 0.3 is 0 Å². The van der Waals surface area contributed by atoms with E-state index in [2.05, 4.69) is 17.1 Å². The maximum atomic E-state index is 9.42. The number of hydrogen-bond acceptors (Lipinski definition) is 5. The lowest BCUT2D eigenvalue weighted by molar-refractivity contribution is 0.242. The summed E-state index contributed by atoms with van der Waals surface area (Å²) in [6, 6.07) is 13.8. The monoisotopic (exact) mass is 395 g/mol. The fraction of sp³-hybridized carbons (Fsp3) is 0.273. The second-order valence-corrected chi connectivity index (χ2v) is 7.04. The Bertz CT molecular complexity index is 1040. The van der Waals surface area contributed by atoms with Gasteiger partial charge in [0.05, 0.1) is 17.9 Å². The zero-order valence-electron chi connectivity index (χ0n) is 15.8. The number of fused-ring (bicyclic) bond motifs is 1. The van der Waals surface area contributed by atoms with E-state index >= 15 is 0 Å². The fourth-order valence-corrected chi connectivity index (χ4v) is 3.56. The number of nitrogens with zero attached hydrogens (tertiary/aromatic N) is 2. The lowest BCUT2D eigenvalue weighted by Crippen LogP contribution is -2.06. The number of nitriles is 1. The van der Waals surface area contributed by atoms with Crippen molar-refractivity contribution in [2.45, 2.75) is 38.8 Å². The molecular weight excluding hydrogens is 374 g/mol. The van der Waals surface area contributed by atoms with E-state index in [0.29, 0.717) is 17.2 Å². The first kappa shape index (κ1) is 19.9. The van der Waals surface area contributed by atoms with Gasteiger partial charge in [0.2, 0.25) is 5.89 Å². The minimum absolute atomic E-state index is 0. The Balaban J connectivity index is 0.00000225. The molecule has 0 fully saturated rings. The van der Waals surface area contributed by atoms with Crippen molar-refractivity contribution in [1.82, 2.24) is 4.98 Å². The molecule has 1 atom stereocenters. The summed E-state index contributed by atoms with van der Waals surface area (Å²) >= 11 is 0. The van der Waals surface area contributed by atoms with Crippen molar-refractivity contribution in [2.24, 2.45) is 5.73 Å². The standard InChI is InChI=1S/C22H21N3O2.ClH/c1-13(2)26-20-9-6-14(10-15(20)11-23)22-25-12-21(27-22)18-5-3-4-17-16(18)7-8-19(17)24;/h3-6,9-10,12-13,19H,7-8,24H2,1-2H3;1H/t19-;/m1./s1. The van der Waals surface area contributed by atoms with Crippen LogP contribution in [0.1, 0.15) is 43.0 Å². The lowest BCUT2D eigenvalue weighted by atomic mass is 10.0. The highest BCUT2D eigenvalue weighted by molar-refractivity contribution is 5.85. The summed E-state index contributed by atoms with van der Waals surface area (Å²) in [6.45, 7) is 3.86. The van der Waals surface area contributed by atoms with Crippen LogP contribution < -0.4 is 10.5 Å². The van der Waals surface area contributed by atoms with Gasteiger partial charge < -0.3 is 14.9 Å². The Kier molecular flexibility index (Phi) is 5.73. The van der Waals surface area contributed by atoms with Gasteiger partial charge in [-0.2, -0.15) is 5.26 Å². The molecule has 28 heavy (non-hydrogen) atoms. The predicted molar refractivity (Wildman–Crippen MR) is 110 cm³/mol. The van der Waals surface area contributed by atoms with E-state index in [9.17, 15) is 5.26 Å². The molecule has 0 amide bonds. The molecule has 1 aliphatic rings. The van der Waals surface area contributed by atoms with Gasteiger partial charge in [-0.3, -0.25) is 0 Å². The van der Waals surface area contributed by atoms with Crippen LogP contribution in [0.25, 0.3) is 22.8 Å². The number of aromatic nitrogens is 1. The number of hydrogen-bond donors (Lipinski definition) is 1. The van der Waals surface area contributed by atoms with Gasteiger partial charge in [-0.15, -0.1) is 12.4 Å². The van der Waals surface area contributed by atoms with Gasteiger partial charge in [0.25, 0.3) is 0 Å². The van der Waals surface area contributed by atoms with Gasteiger partial charge in [0.15, 0.2) is 5.76 Å². The number of rotatable bonds is 4. The van der Waals surface area contributed by atoms with Crippen LogP contribution in [0, 0.1) is 11.3 Å². The van der Waals surface area contributed by atoms with Crippen molar-refractivity contribution in [3.63, 3.8) is 0 Å². The highest BCUT2D eigenvalue weighted by Gasteiger charge is 2.23. The van der Waals surface area contributed by atoms with Gasteiger partial charge in [0, 0.05) is 17.2 Å². The number of oxazole rings is 1. The Labute approximate surface area is 170 Å². The first-order valence-corrected chi connectivity index (χ1v) is 9.11. The Hall–Kier alpha value is -2.81. The molecular formula is C22H22ClN3O2. The molecule has 5 nitrogen and oxygen atoms in total. The smallest absolute Gasteiger partial charge is 0.226 e. The van der Waals surface area contributed by atoms with Crippen LogP contribution in [0.15, 0.2) is 47.0 Å². The summed E-state index contributed by atoms with van der Waals surface area (Å²) in [7, 11) is 0. The van der Waals surface area contributed by atoms with Crippen LogP contribution in [0.4, 0.5) is 0 Å². The maximum absolute atomic E-state index is 9.42. The van der Waals surface area contributed by atoms with E-state index in [4.69, 9.17) is 14.9 Å². The second kappa shape index (κ2) is 8.05. The van der Waals surface area contributed by atoms with Crippen molar-refractivity contribution < 1.29 is 9.15 Å². The predicted octanol–water partition coefficient (Wildman–Crippen LogP) is 5.04. The Morgan fingerprint density at radius 3 is 2.86 bits per heavy atom. The van der Waals surface area contributed by atoms with Crippen molar-refractivity contribution >= 4 is 12.4 Å². The number of halogens is 1. The molecule has 0 spiro atoms. The van der Waals surface area contributed by atoms with Crippen LogP contribution >= 0.6 is 12.4 Å². The zero-order chi connectivity index (χ0) is 19.0. The summed E-state index contributed by atoms with van der Waals surface area (Å²) in [4.78, 5) is 4.43. The van der Waals surface area contributed by atoms with Crippen LogP contribution in [0.3, 0.4) is 0 Å². The van der Waals surface area contributed by atoms with Crippen LogP contribution in [-0.2, 0) is 6.42 Å². The molecule has 0 unspecified atom stereocenters. The van der Waals surface area contributed by atoms with Gasteiger partial charge in [-0.05, 0) is 56.0 Å². The third-order valence-corrected chi connectivity index (χ3v) is 4.80. The van der Waals surface area contributed by atoms with Gasteiger partial charge in [-0.1, -0.05) is 18.2 Å². The molecule has 0 aliphatic heterocycles. The first-order valence-electron chi connectivity index (χ1n) is 9.11. The van der Waals surface area contributed by atoms with Gasteiger partial charge in [-0.25, -0.2) is 4.98 Å². The fourth-order valence-electron chi connectivity index (χ4n) is 3.56. The van der Waals surface area contributed by atoms with Gasteiger partial charge in [0.1, 0.15) is 11.8 Å². The molecule has 0 saturated heterocycles. The van der Waals surface area contributed by atoms with Crippen molar-refractivity contribution in [3.05, 3.63) is 59.3 Å². The van der Waals surface area contributed by atoms with E-state index in [1.807, 2.05) is 32.0 Å². The summed E-state index contributed by atoms with van der Waals surface area (Å²) in [5.74, 6) is 1.77. The molecule has 1 aliphatic carbocycles. The van der Waals surface area contributed by atoms with Crippen LogP contribution in [0.2, 0.25) is 0 Å². The largest absolute Gasteiger partial charge is 0.490 e. The SMILES string of the molecule is CC(C)Oc1ccc(-c2ncc(-c3cccc4c3CC[C@H]4N)o2)cc1C#N.Cl. The molecule has 2 N–H and O–H groups in total. The molecule has 1 heterocycles. The maximum Gasteiger partial charge on any atom is 0.226 e. The molecule has 144 valence electrons.